The van der Waals surface area contributed by atoms with Gasteiger partial charge in [0.05, 0.1) is 0 Å². The predicted octanol–water partition coefficient (Wildman–Crippen LogP) is 3.80. The number of nitrogens with two attached hydrogens (primary N) is 1. The first kappa shape index (κ1) is 23.8. The fraction of sp³-hybridized carbons (Fsp3) is 0.188. The zero-order valence-electron chi connectivity index (χ0n) is 20.2. The summed E-state index contributed by atoms with van der Waals surface area (Å²) in [5.74, 6) is 0. The Balaban J connectivity index is 1.46. The highest BCUT2D eigenvalue weighted by Gasteiger charge is 2.05. The molecule has 0 fully saturated rings. The quantitative estimate of drug-likeness (QED) is 0.407. The van der Waals surface area contributed by atoms with Gasteiger partial charge in [0.2, 0.25) is 5.71 Å². The molecule has 35 heavy (non-hydrogen) atoms. The molecule has 172 valence electrons. The van der Waals surface area contributed by atoms with Gasteiger partial charge in [0.15, 0.2) is 18.1 Å². The van der Waals surface area contributed by atoms with Gasteiger partial charge in [0.25, 0.3) is 0 Å². The Morgan fingerprint density at radius 2 is 1.34 bits per heavy atom. The molecule has 0 atom stereocenters. The summed E-state index contributed by atoms with van der Waals surface area (Å²) in [7, 11) is 0. The highest BCUT2D eigenvalue weighted by molar-refractivity contribution is 6.01. The molecule has 0 aromatic carbocycles. The average Bonchev–Trinajstić information content (AvgIpc) is 2.91. The molecule has 2 N–H and O–H groups in total. The number of pyridine rings is 1. The van der Waals surface area contributed by atoms with Crippen LogP contribution in [0.25, 0.3) is 5.57 Å². The first-order valence-electron chi connectivity index (χ1n) is 12.2. The molecule has 0 saturated heterocycles. The molecule has 3 nitrogen and oxygen atoms in total. The normalized spacial score (nSPS) is 15.9. The minimum atomic E-state index is 0.732. The maximum absolute atomic E-state index is 5.69. The molecule has 0 saturated carbocycles. The standard InChI is InChI=1S/C32H30N3/c1-2-3-4-7-22-34-23-18-29(19-24-34)30-20-25-35(26-21-30)32-16-12-28(13-17-32)9-6-5-8-27-10-14-31(33)15-11-27/h10-21,23-26,33H,2-4,7,22H2,1H3/q+1/p+1. The van der Waals surface area contributed by atoms with Gasteiger partial charge in [0, 0.05) is 66.5 Å². The van der Waals surface area contributed by atoms with Crippen LogP contribution in [-0.2, 0) is 0 Å². The van der Waals surface area contributed by atoms with Crippen molar-refractivity contribution in [2.75, 3.05) is 6.54 Å². The lowest BCUT2D eigenvalue weighted by Crippen LogP contribution is -2.37. The van der Waals surface area contributed by atoms with Crippen molar-refractivity contribution in [3.8, 4) is 0 Å². The van der Waals surface area contributed by atoms with Crippen LogP contribution in [0, 0.1) is 5.71 Å². The van der Waals surface area contributed by atoms with Crippen molar-refractivity contribution in [3.05, 3.63) is 143 Å². The Morgan fingerprint density at radius 3 is 1.94 bits per heavy atom. The topological polar surface area (TPSA) is 34.7 Å². The molecular weight excluding hydrogens is 426 g/mol. The fourth-order valence-electron chi connectivity index (χ4n) is 3.80. The summed E-state index contributed by atoms with van der Waals surface area (Å²) in [5.41, 5.74) is 16.8. The molecule has 3 aliphatic rings. The van der Waals surface area contributed by atoms with Crippen LogP contribution >= 0.6 is 0 Å². The number of nitrogens with zero attached hydrogens (tertiary/aromatic N) is 2. The predicted molar refractivity (Wildman–Crippen MR) is 142 cm³/mol. The molecule has 1 aromatic heterocycles. The van der Waals surface area contributed by atoms with Gasteiger partial charge in [-0.3, -0.25) is 5.41 Å². The molecule has 2 aliphatic carbocycles. The van der Waals surface area contributed by atoms with Crippen LogP contribution in [0.4, 0.5) is 0 Å². The Bertz CT molecular complexity index is 1400. The largest absolute Gasteiger partial charge is 0.354 e. The number of unbranched alkanes of at least 4 members (excludes halogenated alkanes) is 3. The molecule has 0 unspecified atom stereocenters. The van der Waals surface area contributed by atoms with E-state index in [0.29, 0.717) is 0 Å². The number of hydrogen-bond acceptors (Lipinski definition) is 1. The van der Waals surface area contributed by atoms with Crippen molar-refractivity contribution >= 4 is 11.3 Å². The Labute approximate surface area is 207 Å². The van der Waals surface area contributed by atoms with Gasteiger partial charge in [0.1, 0.15) is 0 Å². The van der Waals surface area contributed by atoms with Gasteiger partial charge in [-0.25, -0.2) is 0 Å². The SMILES string of the molecule is CCCCCCN1C=CC(=c2cc[n+](=C3C=CC(=C=C=C=C=C4C=CC(=[NH2+])C=C4)C=C3)cc2)C=C1. The Hall–Kier alpha value is -4.34. The third kappa shape index (κ3) is 7.07. The van der Waals surface area contributed by atoms with Crippen molar-refractivity contribution in [1.82, 2.24) is 4.90 Å². The molecular formula is C32H31N3+2. The lowest BCUT2D eigenvalue weighted by molar-refractivity contribution is -0.516. The second-order valence-electron chi connectivity index (χ2n) is 8.55. The number of allylic oxidation sites excluding steroid dienone is 12. The summed E-state index contributed by atoms with van der Waals surface area (Å²) in [6.45, 7) is 3.34. The Kier molecular flexibility index (Phi) is 8.31. The molecule has 1 aromatic rings. The van der Waals surface area contributed by atoms with Crippen LogP contribution in [0.3, 0.4) is 0 Å². The van der Waals surface area contributed by atoms with Crippen molar-refractivity contribution in [3.63, 3.8) is 0 Å². The van der Waals surface area contributed by atoms with Crippen LogP contribution < -0.4 is 14.9 Å². The summed E-state index contributed by atoms with van der Waals surface area (Å²) in [5, 5.41) is 6.90. The van der Waals surface area contributed by atoms with Gasteiger partial charge in [-0.05, 0) is 65.1 Å². The van der Waals surface area contributed by atoms with E-state index in [0.717, 1.165) is 29.1 Å². The van der Waals surface area contributed by atoms with E-state index in [2.05, 4.69) is 100 Å². The summed E-state index contributed by atoms with van der Waals surface area (Å²) in [6, 6.07) is 4.31. The van der Waals surface area contributed by atoms with Gasteiger partial charge < -0.3 is 4.90 Å². The minimum absolute atomic E-state index is 0.732. The van der Waals surface area contributed by atoms with Crippen molar-refractivity contribution in [2.45, 2.75) is 32.6 Å². The monoisotopic (exact) mass is 457 g/mol. The second-order valence-corrected chi connectivity index (χ2v) is 8.55. The van der Waals surface area contributed by atoms with Crippen molar-refractivity contribution < 1.29 is 9.65 Å². The van der Waals surface area contributed by atoms with Gasteiger partial charge >= 0.3 is 0 Å². The third-order valence-electron chi connectivity index (χ3n) is 5.88. The maximum Gasteiger partial charge on any atom is 0.210 e. The zero-order chi connectivity index (χ0) is 24.3. The van der Waals surface area contributed by atoms with Crippen LogP contribution in [0.5, 0.6) is 0 Å². The molecule has 2 heterocycles. The highest BCUT2D eigenvalue weighted by atomic mass is 15.1. The minimum Gasteiger partial charge on any atom is -0.354 e. The van der Waals surface area contributed by atoms with Crippen molar-refractivity contribution in [1.29, 1.82) is 0 Å². The van der Waals surface area contributed by atoms with Crippen LogP contribution in [0.15, 0.2) is 132 Å². The number of aromatic nitrogens is 1. The number of hydrogen-bond donors (Lipinski definition) is 1. The summed E-state index contributed by atoms with van der Waals surface area (Å²) >= 11 is 0. The zero-order valence-corrected chi connectivity index (χ0v) is 20.2. The molecule has 1 aliphatic heterocycles. The van der Waals surface area contributed by atoms with Crippen LogP contribution in [0.2, 0.25) is 0 Å². The van der Waals surface area contributed by atoms with E-state index in [1.54, 1.807) is 0 Å². The summed E-state index contributed by atoms with van der Waals surface area (Å²) < 4.78 is 2.11. The van der Waals surface area contributed by atoms with Gasteiger partial charge in [-0.1, -0.05) is 37.6 Å². The highest BCUT2D eigenvalue weighted by Crippen LogP contribution is 2.11. The van der Waals surface area contributed by atoms with E-state index in [1.165, 1.54) is 36.5 Å². The Morgan fingerprint density at radius 1 is 0.743 bits per heavy atom. The van der Waals surface area contributed by atoms with E-state index in [-0.39, 0.29) is 0 Å². The van der Waals surface area contributed by atoms with E-state index in [1.807, 2.05) is 36.5 Å². The number of rotatable bonds is 5. The molecule has 3 heteroatoms. The van der Waals surface area contributed by atoms with Gasteiger partial charge in [-0.15, -0.1) is 0 Å². The van der Waals surface area contributed by atoms with E-state index >= 15 is 0 Å². The summed E-state index contributed by atoms with van der Waals surface area (Å²) in [4.78, 5) is 2.27. The van der Waals surface area contributed by atoms with Gasteiger partial charge in [-0.2, -0.15) is 4.24 Å². The molecule has 0 amide bonds. The molecule has 4 rings (SSSR count). The summed E-state index contributed by atoms with van der Waals surface area (Å²) in [6.07, 6.45) is 33.7. The smallest absolute Gasteiger partial charge is 0.210 e. The third-order valence-corrected chi connectivity index (χ3v) is 5.88. The second kappa shape index (κ2) is 12.2. The van der Waals surface area contributed by atoms with E-state index in [4.69, 9.17) is 5.41 Å². The lowest BCUT2D eigenvalue weighted by Gasteiger charge is -2.18. The average molecular weight is 458 g/mol. The van der Waals surface area contributed by atoms with Crippen LogP contribution in [0.1, 0.15) is 32.6 Å². The molecule has 0 bridgehead atoms. The molecule has 0 spiro atoms. The first-order chi connectivity index (χ1) is 17.2. The van der Waals surface area contributed by atoms with Crippen molar-refractivity contribution in [2.24, 2.45) is 0 Å². The lowest BCUT2D eigenvalue weighted by atomic mass is 10.1. The van der Waals surface area contributed by atoms with Crippen LogP contribution in [-0.4, -0.2) is 17.2 Å². The van der Waals surface area contributed by atoms with E-state index < -0.39 is 0 Å². The molecule has 0 radical (unpaired) electrons. The maximum atomic E-state index is 5.69. The fourth-order valence-corrected chi connectivity index (χ4v) is 3.80. The van der Waals surface area contributed by atoms with E-state index in [9.17, 15) is 0 Å². The first-order valence-corrected chi connectivity index (χ1v) is 12.2.